The topological polar surface area (TPSA) is 159 Å². The Hall–Kier alpha value is -1.87. The average molecular weight is 561 g/mol. The van der Waals surface area contributed by atoms with Gasteiger partial charge in [0.15, 0.2) is 0 Å². The van der Waals surface area contributed by atoms with Crippen LogP contribution in [0.5, 0.6) is 0 Å². The number of nitrogens with zero attached hydrogens (tertiary/aromatic N) is 2. The minimum Gasteiger partial charge on any atom is -0.387 e. The minimum atomic E-state index is -1.01. The summed E-state index contributed by atoms with van der Waals surface area (Å²) in [7, 11) is 0. The Balaban J connectivity index is 1.08. The molecule has 40 heavy (non-hydrogen) atoms. The second-order valence-corrected chi connectivity index (χ2v) is 12.8. The number of nitrogens with one attached hydrogen (secondary N) is 5. The lowest BCUT2D eigenvalue weighted by molar-refractivity contribution is -0.107. The molecule has 5 rings (SSSR count). The molecule has 3 heterocycles. The van der Waals surface area contributed by atoms with Crippen molar-refractivity contribution in [2.75, 3.05) is 44.8 Å². The van der Waals surface area contributed by atoms with Crippen LogP contribution in [0, 0.1) is 5.92 Å². The molecule has 9 N–H and O–H groups in total. The van der Waals surface area contributed by atoms with E-state index in [9.17, 15) is 15.0 Å². The highest BCUT2D eigenvalue weighted by atomic mass is 16.6. The van der Waals surface area contributed by atoms with Crippen molar-refractivity contribution in [1.82, 2.24) is 31.1 Å². The quantitative estimate of drug-likeness (QED) is 0.178. The molecule has 3 saturated heterocycles. The van der Waals surface area contributed by atoms with E-state index >= 15 is 0 Å². The Bertz CT molecular complexity index is 988. The molecule has 224 valence electrons. The highest BCUT2D eigenvalue weighted by molar-refractivity contribution is 5.89. The zero-order chi connectivity index (χ0) is 28.4. The van der Waals surface area contributed by atoms with Crippen LogP contribution in [0.2, 0.25) is 0 Å². The molecule has 0 bridgehead atoms. The fraction of sp³-hybridized carbons (Fsp3) is 0.750. The van der Waals surface area contributed by atoms with Gasteiger partial charge in [0.25, 0.3) is 0 Å². The Labute approximate surface area is 237 Å². The van der Waals surface area contributed by atoms with Gasteiger partial charge >= 0.3 is 6.03 Å². The van der Waals surface area contributed by atoms with Crippen LogP contribution >= 0.6 is 0 Å². The average Bonchev–Trinajstić information content (AvgIpc) is 3.56. The van der Waals surface area contributed by atoms with Gasteiger partial charge < -0.3 is 36.2 Å². The van der Waals surface area contributed by atoms with Gasteiger partial charge in [0.2, 0.25) is 0 Å². The SMILES string of the molecule is CC(C)(C)c1ccc(NC(=O)NCCCN(CC2CC2)C[C@H]2O[C@@H](N3CNC4C(N)NCNC43)[C@H](O)[C@@H]2O)cc1. The Kier molecular flexibility index (Phi) is 9.30. The maximum Gasteiger partial charge on any atom is 0.319 e. The van der Waals surface area contributed by atoms with Crippen molar-refractivity contribution in [3.63, 3.8) is 0 Å². The Morgan fingerprint density at radius 3 is 2.58 bits per heavy atom. The van der Waals surface area contributed by atoms with Crippen LogP contribution in [-0.4, -0.2) is 108 Å². The van der Waals surface area contributed by atoms with Gasteiger partial charge in [0, 0.05) is 32.0 Å². The normalized spacial score (nSPS) is 32.8. The number of anilines is 1. The standard InChI is InChI=1S/C28H48N8O4/c1-28(2,3)18-7-9-19(10-8-18)34-27(39)30-11-4-12-35(13-17-5-6-17)14-20-22(37)23(38)26(40-20)36-16-33-21-24(29)31-15-32-25(21)36/h7-10,17,20-26,31-33,37-38H,4-6,11-16,29H2,1-3H3,(H2,30,34,39)/t20-,21?,22-,23-,24?,25?,26-/m1/s1. The third-order valence-electron chi connectivity index (χ3n) is 8.50. The van der Waals surface area contributed by atoms with Crippen LogP contribution in [0.4, 0.5) is 10.5 Å². The molecule has 1 saturated carbocycles. The number of fused-ring (bicyclic) bond motifs is 1. The monoisotopic (exact) mass is 560 g/mol. The van der Waals surface area contributed by atoms with Crippen LogP contribution in [0.1, 0.15) is 45.6 Å². The summed E-state index contributed by atoms with van der Waals surface area (Å²) >= 11 is 0. The van der Waals surface area contributed by atoms with E-state index in [-0.39, 0.29) is 29.8 Å². The smallest absolute Gasteiger partial charge is 0.319 e. The summed E-state index contributed by atoms with van der Waals surface area (Å²) in [6.45, 7) is 10.3. The number of benzene rings is 1. The van der Waals surface area contributed by atoms with Crippen LogP contribution in [0.3, 0.4) is 0 Å². The lowest BCUT2D eigenvalue weighted by Crippen LogP contribution is -2.68. The number of hydrogen-bond acceptors (Lipinski definition) is 10. The van der Waals surface area contributed by atoms with Crippen LogP contribution in [-0.2, 0) is 10.2 Å². The van der Waals surface area contributed by atoms with E-state index in [2.05, 4.69) is 52.3 Å². The fourth-order valence-corrected chi connectivity index (χ4v) is 5.92. The molecular weight excluding hydrogens is 512 g/mol. The Morgan fingerprint density at radius 1 is 1.12 bits per heavy atom. The van der Waals surface area contributed by atoms with E-state index in [1.54, 1.807) is 0 Å². The van der Waals surface area contributed by atoms with Gasteiger partial charge in [0.1, 0.15) is 24.5 Å². The summed E-state index contributed by atoms with van der Waals surface area (Å²) in [6.07, 6.45) is -0.190. The maximum atomic E-state index is 12.4. The number of urea groups is 1. The van der Waals surface area contributed by atoms with E-state index < -0.39 is 24.5 Å². The molecule has 2 amide bonds. The molecular formula is C28H48N8O4. The maximum absolute atomic E-state index is 12.4. The number of ether oxygens (including phenoxy) is 1. The summed E-state index contributed by atoms with van der Waals surface area (Å²) in [5.74, 6) is 0.663. The fourth-order valence-electron chi connectivity index (χ4n) is 5.92. The van der Waals surface area contributed by atoms with Gasteiger partial charge in [-0.05, 0) is 54.8 Å². The molecule has 12 nitrogen and oxygen atoms in total. The second-order valence-electron chi connectivity index (χ2n) is 12.8. The van der Waals surface area contributed by atoms with Gasteiger partial charge in [-0.3, -0.25) is 16.0 Å². The van der Waals surface area contributed by atoms with E-state index in [1.165, 1.54) is 18.4 Å². The van der Waals surface area contributed by atoms with E-state index in [0.717, 1.165) is 25.2 Å². The summed E-state index contributed by atoms with van der Waals surface area (Å²) in [4.78, 5) is 16.7. The first-order valence-corrected chi connectivity index (χ1v) is 14.7. The molecule has 3 aliphatic heterocycles. The Morgan fingerprint density at radius 2 is 1.88 bits per heavy atom. The number of rotatable bonds is 10. The number of hydrogen-bond donors (Lipinski definition) is 8. The first-order valence-electron chi connectivity index (χ1n) is 14.7. The van der Waals surface area contributed by atoms with Gasteiger partial charge in [-0.2, -0.15) is 0 Å². The molecule has 4 fully saturated rings. The van der Waals surface area contributed by atoms with Crippen molar-refractivity contribution < 1.29 is 19.7 Å². The number of aliphatic hydroxyl groups excluding tert-OH is 2. The molecule has 1 aromatic rings. The van der Waals surface area contributed by atoms with Crippen molar-refractivity contribution in [3.05, 3.63) is 29.8 Å². The summed E-state index contributed by atoms with van der Waals surface area (Å²) < 4.78 is 6.29. The summed E-state index contributed by atoms with van der Waals surface area (Å²) in [5, 5.41) is 37.6. The lowest BCUT2D eigenvalue weighted by atomic mass is 9.87. The molecule has 7 atom stereocenters. The molecule has 1 aliphatic carbocycles. The van der Waals surface area contributed by atoms with Crippen molar-refractivity contribution in [3.8, 4) is 0 Å². The van der Waals surface area contributed by atoms with Gasteiger partial charge in [-0.1, -0.05) is 32.9 Å². The van der Waals surface area contributed by atoms with Crippen LogP contribution in [0.25, 0.3) is 0 Å². The minimum absolute atomic E-state index is 0.0142. The highest BCUT2D eigenvalue weighted by Crippen LogP contribution is 2.32. The van der Waals surface area contributed by atoms with Crippen molar-refractivity contribution >= 4 is 11.7 Å². The molecule has 0 spiro atoms. The molecule has 3 unspecified atom stereocenters. The van der Waals surface area contributed by atoms with Crippen LogP contribution in [0.15, 0.2) is 24.3 Å². The van der Waals surface area contributed by atoms with Gasteiger partial charge in [0.05, 0.1) is 25.0 Å². The predicted octanol–water partition coefficient (Wildman–Crippen LogP) is -0.353. The molecule has 4 aliphatic rings. The summed E-state index contributed by atoms with van der Waals surface area (Å²) in [5.41, 5.74) is 8.25. The second kappa shape index (κ2) is 12.6. The zero-order valence-electron chi connectivity index (χ0n) is 24.0. The number of nitrogens with two attached hydrogens (primary N) is 1. The molecule has 0 aromatic heterocycles. The third kappa shape index (κ3) is 7.12. The molecule has 1 aromatic carbocycles. The van der Waals surface area contributed by atoms with Gasteiger partial charge in [-0.15, -0.1) is 0 Å². The molecule has 0 radical (unpaired) electrons. The van der Waals surface area contributed by atoms with E-state index in [1.807, 2.05) is 29.2 Å². The largest absolute Gasteiger partial charge is 0.387 e. The third-order valence-corrected chi connectivity index (χ3v) is 8.50. The number of amides is 2. The number of aliphatic hydroxyl groups is 2. The number of carbonyl (C=O) groups is 1. The van der Waals surface area contributed by atoms with Crippen molar-refractivity contribution in [1.29, 1.82) is 0 Å². The zero-order valence-corrected chi connectivity index (χ0v) is 24.0. The van der Waals surface area contributed by atoms with Crippen LogP contribution < -0.4 is 32.3 Å². The first kappa shape index (κ1) is 29.6. The summed E-state index contributed by atoms with van der Waals surface area (Å²) in [6, 6.07) is 7.72. The highest BCUT2D eigenvalue weighted by Gasteiger charge is 2.51. The lowest BCUT2D eigenvalue weighted by Gasteiger charge is -2.38. The van der Waals surface area contributed by atoms with Crippen molar-refractivity contribution in [2.45, 2.75) is 88.4 Å². The first-order chi connectivity index (χ1) is 19.1. The number of carbonyl (C=O) groups excluding carboxylic acids is 1. The van der Waals surface area contributed by atoms with E-state index in [0.29, 0.717) is 32.3 Å². The molecule has 12 heteroatoms. The van der Waals surface area contributed by atoms with Crippen molar-refractivity contribution in [2.24, 2.45) is 11.7 Å². The predicted molar refractivity (Wildman–Crippen MR) is 153 cm³/mol. The van der Waals surface area contributed by atoms with Gasteiger partial charge in [-0.25, -0.2) is 9.69 Å². The van der Waals surface area contributed by atoms with E-state index in [4.69, 9.17) is 10.5 Å².